The Morgan fingerprint density at radius 3 is 2.62 bits per heavy atom. The van der Waals surface area contributed by atoms with Crippen LogP contribution in [0.4, 0.5) is 0 Å². The summed E-state index contributed by atoms with van der Waals surface area (Å²) >= 11 is 0. The van der Waals surface area contributed by atoms with Crippen LogP contribution in [0.15, 0.2) is 47.0 Å². The number of benzene rings is 2. The predicted molar refractivity (Wildman–Crippen MR) is 131 cm³/mol. The van der Waals surface area contributed by atoms with E-state index in [1.54, 1.807) is 0 Å². The topological polar surface area (TPSA) is 69.0 Å². The SMILES string of the molecule is CNCc1c(OCc2ccccc2)ccc2c(CCC3CCN(CC4OCCO4)CC3)noc12. The molecule has 2 aliphatic rings. The molecule has 0 radical (unpaired) electrons. The number of nitrogens with one attached hydrogen (secondary N) is 1. The second-order valence-corrected chi connectivity index (χ2v) is 9.31. The third-order valence-corrected chi connectivity index (χ3v) is 6.96. The van der Waals surface area contributed by atoms with Crippen molar-refractivity contribution >= 4 is 11.0 Å². The Morgan fingerprint density at radius 2 is 1.85 bits per heavy atom. The van der Waals surface area contributed by atoms with Crippen LogP contribution in [0.25, 0.3) is 11.0 Å². The molecule has 7 nitrogen and oxygen atoms in total. The van der Waals surface area contributed by atoms with Crippen molar-refractivity contribution in [3.8, 4) is 5.75 Å². The van der Waals surface area contributed by atoms with Gasteiger partial charge in [0.2, 0.25) is 0 Å². The van der Waals surface area contributed by atoms with Gasteiger partial charge >= 0.3 is 0 Å². The zero-order chi connectivity index (χ0) is 23.2. The minimum absolute atomic E-state index is 0.0357. The number of fused-ring (bicyclic) bond motifs is 1. The van der Waals surface area contributed by atoms with Crippen molar-refractivity contribution in [2.75, 3.05) is 39.9 Å². The fourth-order valence-corrected chi connectivity index (χ4v) is 5.01. The predicted octanol–water partition coefficient (Wildman–Crippen LogP) is 4.14. The third-order valence-electron chi connectivity index (χ3n) is 6.96. The van der Waals surface area contributed by atoms with Crippen LogP contribution < -0.4 is 10.1 Å². The molecule has 34 heavy (non-hydrogen) atoms. The van der Waals surface area contributed by atoms with E-state index >= 15 is 0 Å². The van der Waals surface area contributed by atoms with Crippen LogP contribution in [-0.4, -0.2) is 56.2 Å². The van der Waals surface area contributed by atoms with Gasteiger partial charge in [-0.3, -0.25) is 4.90 Å². The standard InChI is InChI=1S/C27H35N3O4/c1-28-17-23-25(33-19-21-5-3-2-4-6-21)10-8-22-24(29-34-27(22)23)9-7-20-11-13-30(14-12-20)18-26-31-15-16-32-26/h2-6,8,10,20,26,28H,7,9,11-19H2,1H3. The smallest absolute Gasteiger partial charge is 0.175 e. The summed E-state index contributed by atoms with van der Waals surface area (Å²) in [5, 5.41) is 8.81. The van der Waals surface area contributed by atoms with Crippen LogP contribution in [0.1, 0.15) is 36.1 Å². The largest absolute Gasteiger partial charge is 0.488 e. The monoisotopic (exact) mass is 465 g/mol. The van der Waals surface area contributed by atoms with Gasteiger partial charge in [-0.15, -0.1) is 0 Å². The van der Waals surface area contributed by atoms with Gasteiger partial charge in [-0.2, -0.15) is 0 Å². The van der Waals surface area contributed by atoms with Crippen molar-refractivity contribution in [2.24, 2.45) is 5.92 Å². The number of hydrogen-bond acceptors (Lipinski definition) is 7. The lowest BCUT2D eigenvalue weighted by Gasteiger charge is -2.32. The molecular weight excluding hydrogens is 430 g/mol. The molecule has 0 amide bonds. The summed E-state index contributed by atoms with van der Waals surface area (Å²) < 4.78 is 23.2. The summed E-state index contributed by atoms with van der Waals surface area (Å²) in [6, 6.07) is 14.4. The van der Waals surface area contributed by atoms with Gasteiger partial charge in [0, 0.05) is 18.5 Å². The third kappa shape index (κ3) is 5.61. The highest BCUT2D eigenvalue weighted by Crippen LogP contribution is 2.32. The summed E-state index contributed by atoms with van der Waals surface area (Å²) in [5.74, 6) is 1.56. The first kappa shape index (κ1) is 23.3. The molecule has 0 spiro atoms. The molecule has 182 valence electrons. The molecule has 0 saturated carbocycles. The van der Waals surface area contributed by atoms with Crippen LogP contribution in [0.2, 0.25) is 0 Å². The van der Waals surface area contributed by atoms with Crippen molar-refractivity contribution < 1.29 is 18.7 Å². The number of ether oxygens (including phenoxy) is 3. The van der Waals surface area contributed by atoms with Gasteiger partial charge in [0.15, 0.2) is 11.9 Å². The van der Waals surface area contributed by atoms with Gasteiger partial charge in [-0.25, -0.2) is 0 Å². The second-order valence-electron chi connectivity index (χ2n) is 9.31. The molecule has 5 rings (SSSR count). The van der Waals surface area contributed by atoms with E-state index in [4.69, 9.17) is 18.7 Å². The van der Waals surface area contributed by atoms with E-state index in [9.17, 15) is 0 Å². The Kier molecular flexibility index (Phi) is 7.76. The van der Waals surface area contributed by atoms with E-state index in [1.165, 1.54) is 12.8 Å². The van der Waals surface area contributed by atoms with E-state index in [2.05, 4.69) is 39.6 Å². The number of aromatic nitrogens is 1. The van der Waals surface area contributed by atoms with Gasteiger partial charge in [0.1, 0.15) is 12.4 Å². The fraction of sp³-hybridized carbons (Fsp3) is 0.519. The Balaban J connectivity index is 1.19. The summed E-state index contributed by atoms with van der Waals surface area (Å²) in [6.07, 6.45) is 4.47. The minimum Gasteiger partial charge on any atom is -0.488 e. The first-order valence-corrected chi connectivity index (χ1v) is 12.5. The normalized spacial score (nSPS) is 18.1. The zero-order valence-corrected chi connectivity index (χ0v) is 20.0. The Labute approximate surface area is 201 Å². The maximum absolute atomic E-state index is 6.16. The van der Waals surface area contributed by atoms with Crippen molar-refractivity contribution in [3.63, 3.8) is 0 Å². The average Bonchev–Trinajstić information content (AvgIpc) is 3.54. The highest BCUT2D eigenvalue weighted by molar-refractivity contribution is 5.84. The van der Waals surface area contributed by atoms with Crippen molar-refractivity contribution in [1.29, 1.82) is 0 Å². The molecule has 7 heteroatoms. The van der Waals surface area contributed by atoms with Crippen LogP contribution >= 0.6 is 0 Å². The van der Waals surface area contributed by atoms with Gasteiger partial charge in [-0.05, 0) is 69.4 Å². The minimum atomic E-state index is -0.0357. The number of likely N-dealkylation sites (tertiary alicyclic amines) is 1. The van der Waals surface area contributed by atoms with Crippen molar-refractivity contribution in [3.05, 3.63) is 59.3 Å². The van der Waals surface area contributed by atoms with E-state index in [-0.39, 0.29) is 6.29 Å². The summed E-state index contributed by atoms with van der Waals surface area (Å²) in [5.41, 5.74) is 4.06. The van der Waals surface area contributed by atoms with Crippen LogP contribution in [0.3, 0.4) is 0 Å². The summed E-state index contributed by atoms with van der Waals surface area (Å²) in [7, 11) is 1.94. The molecule has 2 aliphatic heterocycles. The Morgan fingerprint density at radius 1 is 1.06 bits per heavy atom. The molecule has 2 fully saturated rings. The van der Waals surface area contributed by atoms with Gasteiger partial charge in [0.25, 0.3) is 0 Å². The van der Waals surface area contributed by atoms with Crippen LogP contribution in [-0.2, 0) is 29.0 Å². The number of piperidine rings is 1. The molecule has 2 saturated heterocycles. The Bertz CT molecular complexity index is 1040. The maximum atomic E-state index is 6.16. The molecule has 3 heterocycles. The molecule has 2 aromatic carbocycles. The Hall–Kier alpha value is -2.45. The lowest BCUT2D eigenvalue weighted by Crippen LogP contribution is -2.39. The van der Waals surface area contributed by atoms with Gasteiger partial charge < -0.3 is 24.1 Å². The van der Waals surface area contributed by atoms with E-state index in [0.717, 1.165) is 85.1 Å². The lowest BCUT2D eigenvalue weighted by molar-refractivity contribution is -0.0661. The number of aryl methyl sites for hydroxylation is 1. The highest BCUT2D eigenvalue weighted by Gasteiger charge is 2.25. The highest BCUT2D eigenvalue weighted by atomic mass is 16.7. The second kappa shape index (κ2) is 11.3. The van der Waals surface area contributed by atoms with Crippen LogP contribution in [0.5, 0.6) is 5.75 Å². The average molecular weight is 466 g/mol. The van der Waals surface area contributed by atoms with E-state index < -0.39 is 0 Å². The van der Waals surface area contributed by atoms with Gasteiger partial charge in [-0.1, -0.05) is 35.5 Å². The lowest BCUT2D eigenvalue weighted by atomic mass is 9.91. The van der Waals surface area contributed by atoms with Crippen molar-refractivity contribution in [2.45, 2.75) is 45.1 Å². The molecule has 0 unspecified atom stereocenters. The molecule has 0 bridgehead atoms. The van der Waals surface area contributed by atoms with Crippen LogP contribution in [0, 0.1) is 5.92 Å². The molecular formula is C27H35N3O4. The van der Waals surface area contributed by atoms with E-state index in [1.807, 2.05) is 25.2 Å². The fourth-order valence-electron chi connectivity index (χ4n) is 5.01. The van der Waals surface area contributed by atoms with E-state index in [0.29, 0.717) is 13.2 Å². The number of rotatable bonds is 10. The van der Waals surface area contributed by atoms with Crippen molar-refractivity contribution in [1.82, 2.24) is 15.4 Å². The first-order chi connectivity index (χ1) is 16.8. The molecule has 0 atom stereocenters. The molecule has 1 N–H and O–H groups in total. The quantitative estimate of drug-likeness (QED) is 0.483. The maximum Gasteiger partial charge on any atom is 0.175 e. The van der Waals surface area contributed by atoms with Gasteiger partial charge in [0.05, 0.1) is 24.5 Å². The molecule has 0 aliphatic carbocycles. The summed E-state index contributed by atoms with van der Waals surface area (Å²) in [4.78, 5) is 2.47. The number of hydrogen-bond donors (Lipinski definition) is 1. The zero-order valence-electron chi connectivity index (χ0n) is 20.0. The molecule has 1 aromatic heterocycles. The first-order valence-electron chi connectivity index (χ1n) is 12.5. The number of nitrogens with zero attached hydrogens (tertiary/aromatic N) is 2. The molecule has 3 aromatic rings. The summed E-state index contributed by atoms with van der Waals surface area (Å²) in [6.45, 7) is 5.77.